The molecule has 1 nitrogen and oxygen atoms in total. The summed E-state index contributed by atoms with van der Waals surface area (Å²) in [5, 5.41) is 0. The Morgan fingerprint density at radius 1 is 1.62 bits per heavy atom. The minimum Gasteiger partial charge on any atom is -0.380 e. The molecule has 74 valence electrons. The predicted molar refractivity (Wildman–Crippen MR) is 56.7 cm³/mol. The third-order valence-corrected chi connectivity index (χ3v) is 3.08. The molecular formula is C12H20O. The molecule has 1 aliphatic carbocycles. The quantitative estimate of drug-likeness (QED) is 0.605. The Hall–Kier alpha value is -0.560. The van der Waals surface area contributed by atoms with Crippen LogP contribution >= 0.6 is 0 Å². The van der Waals surface area contributed by atoms with Crippen molar-refractivity contribution in [2.75, 3.05) is 13.7 Å². The summed E-state index contributed by atoms with van der Waals surface area (Å²) in [6.07, 6.45) is 4.74. The number of rotatable bonds is 3. The van der Waals surface area contributed by atoms with Crippen molar-refractivity contribution < 1.29 is 4.74 Å². The van der Waals surface area contributed by atoms with Crippen molar-refractivity contribution in [2.45, 2.75) is 33.6 Å². The van der Waals surface area contributed by atoms with Gasteiger partial charge in [-0.1, -0.05) is 17.2 Å². The molecule has 0 spiro atoms. The highest BCUT2D eigenvalue weighted by molar-refractivity contribution is 5.29. The van der Waals surface area contributed by atoms with E-state index in [2.05, 4.69) is 26.8 Å². The molecule has 0 saturated carbocycles. The monoisotopic (exact) mass is 180 g/mol. The normalized spacial score (nSPS) is 24.3. The van der Waals surface area contributed by atoms with E-state index in [1.807, 2.05) is 0 Å². The zero-order valence-corrected chi connectivity index (χ0v) is 9.18. The van der Waals surface area contributed by atoms with Gasteiger partial charge in [0.1, 0.15) is 0 Å². The molecule has 0 heterocycles. The van der Waals surface area contributed by atoms with Crippen molar-refractivity contribution in [3.05, 3.63) is 22.8 Å². The molecule has 0 aromatic heterocycles. The summed E-state index contributed by atoms with van der Waals surface area (Å²) in [4.78, 5) is 0. The number of hydrogen-bond acceptors (Lipinski definition) is 1. The van der Waals surface area contributed by atoms with Crippen LogP contribution in [-0.2, 0) is 4.74 Å². The van der Waals surface area contributed by atoms with E-state index in [1.165, 1.54) is 29.6 Å². The number of methoxy groups -OCH3 is 1. The Labute approximate surface area is 81.5 Å². The first-order valence-corrected chi connectivity index (χ1v) is 5.01. The highest BCUT2D eigenvalue weighted by Gasteiger charge is 2.23. The van der Waals surface area contributed by atoms with E-state index in [-0.39, 0.29) is 0 Å². The molecular weight excluding hydrogens is 160 g/mol. The van der Waals surface area contributed by atoms with Crippen molar-refractivity contribution in [1.82, 2.24) is 0 Å². The van der Waals surface area contributed by atoms with Crippen LogP contribution in [0.4, 0.5) is 0 Å². The van der Waals surface area contributed by atoms with Gasteiger partial charge in [-0.2, -0.15) is 0 Å². The second-order valence-corrected chi connectivity index (χ2v) is 3.86. The number of allylic oxidation sites excluding steroid dienone is 3. The second-order valence-electron chi connectivity index (χ2n) is 3.86. The molecule has 1 atom stereocenters. The third kappa shape index (κ3) is 2.22. The fourth-order valence-corrected chi connectivity index (χ4v) is 2.08. The third-order valence-electron chi connectivity index (χ3n) is 3.08. The van der Waals surface area contributed by atoms with Gasteiger partial charge in [-0.3, -0.25) is 0 Å². The van der Waals surface area contributed by atoms with Gasteiger partial charge in [-0.25, -0.2) is 0 Å². The summed E-state index contributed by atoms with van der Waals surface area (Å²) in [7, 11) is 1.78. The molecule has 1 heteroatoms. The Morgan fingerprint density at radius 2 is 2.31 bits per heavy atom. The molecule has 0 N–H and O–H groups in total. The fourth-order valence-electron chi connectivity index (χ4n) is 2.08. The maximum atomic E-state index is 5.24. The van der Waals surface area contributed by atoms with E-state index in [0.29, 0.717) is 5.92 Å². The van der Waals surface area contributed by atoms with E-state index in [0.717, 1.165) is 6.61 Å². The van der Waals surface area contributed by atoms with E-state index in [9.17, 15) is 0 Å². The molecule has 0 aromatic carbocycles. The van der Waals surface area contributed by atoms with E-state index in [1.54, 1.807) is 7.11 Å². The SMILES string of the molecule is C/C=C(\C)C1CCC(C)=C1COC. The van der Waals surface area contributed by atoms with E-state index >= 15 is 0 Å². The van der Waals surface area contributed by atoms with Gasteiger partial charge in [-0.15, -0.1) is 0 Å². The zero-order chi connectivity index (χ0) is 9.84. The Morgan fingerprint density at radius 3 is 2.85 bits per heavy atom. The second kappa shape index (κ2) is 4.61. The molecule has 0 amide bonds. The molecule has 13 heavy (non-hydrogen) atoms. The molecule has 1 aliphatic rings. The average Bonchev–Trinajstić information content (AvgIpc) is 2.48. The lowest BCUT2D eigenvalue weighted by Crippen LogP contribution is -2.06. The van der Waals surface area contributed by atoms with Crippen LogP contribution in [0, 0.1) is 5.92 Å². The van der Waals surface area contributed by atoms with Crippen LogP contribution in [0.25, 0.3) is 0 Å². The van der Waals surface area contributed by atoms with Crippen molar-refractivity contribution in [3.8, 4) is 0 Å². The summed E-state index contributed by atoms with van der Waals surface area (Å²) in [5.41, 5.74) is 4.54. The first-order chi connectivity index (χ1) is 6.20. The summed E-state index contributed by atoms with van der Waals surface area (Å²) in [6, 6.07) is 0. The van der Waals surface area contributed by atoms with E-state index in [4.69, 9.17) is 4.74 Å². The van der Waals surface area contributed by atoms with E-state index < -0.39 is 0 Å². The van der Waals surface area contributed by atoms with Gasteiger partial charge in [0, 0.05) is 13.0 Å². The van der Waals surface area contributed by atoms with Crippen molar-refractivity contribution in [3.63, 3.8) is 0 Å². The lowest BCUT2D eigenvalue weighted by molar-refractivity contribution is 0.219. The van der Waals surface area contributed by atoms with Gasteiger partial charge in [0.2, 0.25) is 0 Å². The Balaban J connectivity index is 2.78. The lowest BCUT2D eigenvalue weighted by atomic mass is 9.93. The van der Waals surface area contributed by atoms with Crippen LogP contribution in [0.1, 0.15) is 33.6 Å². The fraction of sp³-hybridized carbons (Fsp3) is 0.667. The number of hydrogen-bond donors (Lipinski definition) is 0. The minimum atomic E-state index is 0.657. The molecule has 0 saturated heterocycles. The highest BCUT2D eigenvalue weighted by Crippen LogP contribution is 2.36. The van der Waals surface area contributed by atoms with Crippen molar-refractivity contribution in [1.29, 1.82) is 0 Å². The Bertz CT molecular complexity index is 236. The summed E-state index contributed by atoms with van der Waals surface area (Å²) in [6.45, 7) is 7.38. The van der Waals surface area contributed by atoms with Gasteiger partial charge in [0.05, 0.1) is 6.61 Å². The topological polar surface area (TPSA) is 9.23 Å². The highest BCUT2D eigenvalue weighted by atomic mass is 16.5. The number of ether oxygens (including phenoxy) is 1. The maximum Gasteiger partial charge on any atom is 0.0681 e. The van der Waals surface area contributed by atoms with Crippen LogP contribution in [0.2, 0.25) is 0 Å². The molecule has 1 unspecified atom stereocenters. The minimum absolute atomic E-state index is 0.657. The van der Waals surface area contributed by atoms with Crippen LogP contribution in [0.15, 0.2) is 22.8 Å². The summed E-state index contributed by atoms with van der Waals surface area (Å²) >= 11 is 0. The Kier molecular flexibility index (Phi) is 3.73. The van der Waals surface area contributed by atoms with Crippen LogP contribution in [0.5, 0.6) is 0 Å². The summed E-state index contributed by atoms with van der Waals surface area (Å²) < 4.78 is 5.24. The lowest BCUT2D eigenvalue weighted by Gasteiger charge is -2.15. The molecule has 0 fully saturated rings. The van der Waals surface area contributed by atoms with Gasteiger partial charge < -0.3 is 4.74 Å². The molecule has 0 aromatic rings. The smallest absolute Gasteiger partial charge is 0.0681 e. The largest absolute Gasteiger partial charge is 0.380 e. The predicted octanol–water partition coefficient (Wildman–Crippen LogP) is 3.33. The molecule has 0 bridgehead atoms. The first kappa shape index (κ1) is 10.5. The van der Waals surface area contributed by atoms with Crippen LogP contribution in [-0.4, -0.2) is 13.7 Å². The molecule has 1 rings (SSSR count). The van der Waals surface area contributed by atoms with Crippen LogP contribution < -0.4 is 0 Å². The van der Waals surface area contributed by atoms with Crippen LogP contribution in [0.3, 0.4) is 0 Å². The maximum absolute atomic E-state index is 5.24. The van der Waals surface area contributed by atoms with Crippen molar-refractivity contribution >= 4 is 0 Å². The standard InChI is InChI=1S/C12H20O/c1-5-9(2)11-7-6-10(3)12(11)8-13-4/h5,11H,6-8H2,1-4H3/b9-5+. The average molecular weight is 180 g/mol. The van der Waals surface area contributed by atoms with Gasteiger partial charge >= 0.3 is 0 Å². The molecule has 0 radical (unpaired) electrons. The van der Waals surface area contributed by atoms with Gasteiger partial charge in [0.15, 0.2) is 0 Å². The zero-order valence-electron chi connectivity index (χ0n) is 9.18. The van der Waals surface area contributed by atoms with Gasteiger partial charge in [0.25, 0.3) is 0 Å². The van der Waals surface area contributed by atoms with Gasteiger partial charge in [-0.05, 0) is 39.2 Å². The first-order valence-electron chi connectivity index (χ1n) is 5.01. The van der Waals surface area contributed by atoms with Crippen molar-refractivity contribution in [2.24, 2.45) is 5.92 Å². The molecule has 0 aliphatic heterocycles. The summed E-state index contributed by atoms with van der Waals surface area (Å²) in [5.74, 6) is 0.657.